The van der Waals surface area contributed by atoms with Gasteiger partial charge in [-0.15, -0.1) is 0 Å². The summed E-state index contributed by atoms with van der Waals surface area (Å²) >= 11 is 0. The van der Waals surface area contributed by atoms with Crippen molar-refractivity contribution >= 4 is 5.71 Å². The van der Waals surface area contributed by atoms with Crippen molar-refractivity contribution in [2.24, 2.45) is 10.9 Å². The molecule has 2 atom stereocenters. The molecule has 29 heavy (non-hydrogen) atoms. The van der Waals surface area contributed by atoms with Crippen molar-refractivity contribution in [2.45, 2.75) is 25.7 Å². The highest BCUT2D eigenvalue weighted by Gasteiger charge is 2.27. The minimum atomic E-state index is -0.463. The summed E-state index contributed by atoms with van der Waals surface area (Å²) in [5.41, 5.74) is 8.29. The van der Waals surface area contributed by atoms with Gasteiger partial charge < -0.3 is 28.5 Å². The number of hydrogen-bond acceptors (Lipinski definition) is 8. The SMILES string of the molecule is COc1ccc(C2CC(c3cc(OC)c(OC)c(OC)c3)=NO2)cc1OC(C)N. The van der Waals surface area contributed by atoms with Gasteiger partial charge in [0, 0.05) is 12.0 Å². The molecule has 3 rings (SSSR count). The standard InChI is InChI=1S/C21H26N2O6/c1-12(22)28-18-8-13(6-7-16(18)24-2)17-11-15(23-29-17)14-9-19(25-3)21(27-5)20(10-14)26-4/h6-10,12,17H,11,22H2,1-5H3. The fourth-order valence-corrected chi connectivity index (χ4v) is 3.16. The molecule has 0 radical (unpaired) electrons. The quantitative estimate of drug-likeness (QED) is 0.677. The topological polar surface area (TPSA) is 93.8 Å². The number of benzene rings is 2. The molecule has 2 unspecified atom stereocenters. The molecule has 0 fully saturated rings. The Morgan fingerprint density at radius 1 is 0.931 bits per heavy atom. The van der Waals surface area contributed by atoms with E-state index in [0.29, 0.717) is 35.2 Å². The van der Waals surface area contributed by atoms with Crippen LogP contribution in [0.5, 0.6) is 28.7 Å². The molecule has 8 heteroatoms. The van der Waals surface area contributed by atoms with E-state index in [1.807, 2.05) is 30.3 Å². The molecule has 156 valence electrons. The Balaban J connectivity index is 1.85. The number of ether oxygens (including phenoxy) is 5. The smallest absolute Gasteiger partial charge is 0.203 e. The van der Waals surface area contributed by atoms with Crippen LogP contribution in [0.15, 0.2) is 35.5 Å². The number of methoxy groups -OCH3 is 4. The maximum atomic E-state index is 5.76. The minimum Gasteiger partial charge on any atom is -0.493 e. The second kappa shape index (κ2) is 8.91. The Morgan fingerprint density at radius 2 is 1.59 bits per heavy atom. The van der Waals surface area contributed by atoms with Gasteiger partial charge in [-0.05, 0) is 36.8 Å². The van der Waals surface area contributed by atoms with E-state index in [1.165, 1.54) is 0 Å². The molecule has 8 nitrogen and oxygen atoms in total. The first kappa shape index (κ1) is 20.6. The summed E-state index contributed by atoms with van der Waals surface area (Å²) in [7, 11) is 6.31. The van der Waals surface area contributed by atoms with Crippen LogP contribution in [0.2, 0.25) is 0 Å². The van der Waals surface area contributed by atoms with Crippen molar-refractivity contribution in [3.63, 3.8) is 0 Å². The molecule has 2 aromatic rings. The molecule has 0 saturated heterocycles. The minimum absolute atomic E-state index is 0.259. The molecule has 0 amide bonds. The largest absolute Gasteiger partial charge is 0.493 e. The molecule has 0 spiro atoms. The van der Waals surface area contributed by atoms with Gasteiger partial charge in [0.2, 0.25) is 5.75 Å². The van der Waals surface area contributed by atoms with E-state index < -0.39 is 6.23 Å². The summed E-state index contributed by atoms with van der Waals surface area (Å²) in [5.74, 6) is 2.82. The van der Waals surface area contributed by atoms with E-state index in [0.717, 1.165) is 16.8 Å². The Bertz CT molecular complexity index is 872. The lowest BCUT2D eigenvalue weighted by molar-refractivity contribution is 0.0853. The van der Waals surface area contributed by atoms with E-state index in [-0.39, 0.29) is 6.10 Å². The summed E-state index contributed by atoms with van der Waals surface area (Å²) in [6.07, 6.45) is -0.150. The highest BCUT2D eigenvalue weighted by molar-refractivity contribution is 6.02. The Kier molecular flexibility index (Phi) is 6.33. The number of hydrogen-bond donors (Lipinski definition) is 1. The number of nitrogens with zero attached hydrogens (tertiary/aromatic N) is 1. The van der Waals surface area contributed by atoms with Crippen molar-refractivity contribution in [3.8, 4) is 28.7 Å². The number of rotatable bonds is 8. The van der Waals surface area contributed by atoms with E-state index in [2.05, 4.69) is 5.16 Å². The Morgan fingerprint density at radius 3 is 2.14 bits per heavy atom. The van der Waals surface area contributed by atoms with Gasteiger partial charge >= 0.3 is 0 Å². The van der Waals surface area contributed by atoms with Gasteiger partial charge in [-0.25, -0.2) is 0 Å². The summed E-state index contributed by atoms with van der Waals surface area (Å²) in [4.78, 5) is 5.69. The monoisotopic (exact) mass is 402 g/mol. The summed E-state index contributed by atoms with van der Waals surface area (Å²) < 4.78 is 27.2. The predicted octanol–water partition coefficient (Wildman–Crippen LogP) is 3.27. The molecule has 0 saturated carbocycles. The van der Waals surface area contributed by atoms with Crippen LogP contribution in [-0.2, 0) is 4.84 Å². The number of oxime groups is 1. The van der Waals surface area contributed by atoms with Gasteiger partial charge in [0.05, 0.1) is 34.2 Å². The highest BCUT2D eigenvalue weighted by Crippen LogP contribution is 2.41. The van der Waals surface area contributed by atoms with Crippen LogP contribution in [0.4, 0.5) is 0 Å². The van der Waals surface area contributed by atoms with Crippen molar-refractivity contribution < 1.29 is 28.5 Å². The zero-order valence-electron chi connectivity index (χ0n) is 17.2. The molecular formula is C21H26N2O6. The van der Waals surface area contributed by atoms with Crippen LogP contribution >= 0.6 is 0 Å². The van der Waals surface area contributed by atoms with Crippen LogP contribution in [-0.4, -0.2) is 40.4 Å². The summed E-state index contributed by atoms with van der Waals surface area (Å²) in [6.45, 7) is 1.75. The van der Waals surface area contributed by atoms with Gasteiger partial charge in [0.1, 0.15) is 6.23 Å². The summed E-state index contributed by atoms with van der Waals surface area (Å²) in [5, 5.41) is 4.27. The van der Waals surface area contributed by atoms with Crippen LogP contribution in [0.1, 0.15) is 30.6 Å². The fourth-order valence-electron chi connectivity index (χ4n) is 3.16. The maximum Gasteiger partial charge on any atom is 0.203 e. The second-order valence-electron chi connectivity index (χ2n) is 6.48. The van der Waals surface area contributed by atoms with Crippen molar-refractivity contribution in [1.29, 1.82) is 0 Å². The van der Waals surface area contributed by atoms with E-state index >= 15 is 0 Å². The fraction of sp³-hybridized carbons (Fsp3) is 0.381. The Hall–Kier alpha value is -3.13. The first-order chi connectivity index (χ1) is 14.0. The molecular weight excluding hydrogens is 376 g/mol. The zero-order chi connectivity index (χ0) is 21.0. The third kappa shape index (κ3) is 4.32. The third-order valence-corrected chi connectivity index (χ3v) is 4.54. The first-order valence-electron chi connectivity index (χ1n) is 9.14. The van der Waals surface area contributed by atoms with Crippen molar-refractivity contribution in [3.05, 3.63) is 41.5 Å². The summed E-state index contributed by atoms with van der Waals surface area (Å²) in [6, 6.07) is 9.31. The number of nitrogens with two attached hydrogens (primary N) is 1. The van der Waals surface area contributed by atoms with Gasteiger partial charge in [0.25, 0.3) is 0 Å². The predicted molar refractivity (Wildman–Crippen MR) is 108 cm³/mol. The normalized spacial score (nSPS) is 16.5. The van der Waals surface area contributed by atoms with Gasteiger partial charge in [-0.1, -0.05) is 11.2 Å². The maximum absolute atomic E-state index is 5.76. The average molecular weight is 402 g/mol. The molecule has 0 bridgehead atoms. The third-order valence-electron chi connectivity index (χ3n) is 4.54. The Labute approximate surface area is 170 Å². The average Bonchev–Trinajstić information content (AvgIpc) is 3.22. The van der Waals surface area contributed by atoms with Gasteiger partial charge in [-0.2, -0.15) is 0 Å². The molecule has 1 aliphatic heterocycles. The van der Waals surface area contributed by atoms with Crippen LogP contribution in [0.3, 0.4) is 0 Å². The van der Waals surface area contributed by atoms with Gasteiger partial charge in [0.15, 0.2) is 29.1 Å². The first-order valence-corrected chi connectivity index (χ1v) is 9.14. The van der Waals surface area contributed by atoms with E-state index in [4.69, 9.17) is 34.3 Å². The van der Waals surface area contributed by atoms with Crippen molar-refractivity contribution in [1.82, 2.24) is 0 Å². The molecule has 2 aromatic carbocycles. The van der Waals surface area contributed by atoms with E-state index in [1.54, 1.807) is 35.4 Å². The highest BCUT2D eigenvalue weighted by atomic mass is 16.6. The van der Waals surface area contributed by atoms with Gasteiger partial charge in [-0.3, -0.25) is 5.73 Å². The zero-order valence-corrected chi connectivity index (χ0v) is 17.2. The second-order valence-corrected chi connectivity index (χ2v) is 6.48. The molecule has 0 aromatic heterocycles. The lowest BCUT2D eigenvalue weighted by Crippen LogP contribution is -2.22. The lowest BCUT2D eigenvalue weighted by atomic mass is 9.99. The van der Waals surface area contributed by atoms with Crippen LogP contribution < -0.4 is 29.4 Å². The van der Waals surface area contributed by atoms with Crippen molar-refractivity contribution in [2.75, 3.05) is 28.4 Å². The van der Waals surface area contributed by atoms with E-state index in [9.17, 15) is 0 Å². The molecule has 2 N–H and O–H groups in total. The van der Waals surface area contributed by atoms with Crippen LogP contribution in [0.25, 0.3) is 0 Å². The lowest BCUT2D eigenvalue weighted by Gasteiger charge is -2.16. The molecule has 1 aliphatic rings. The molecule has 1 heterocycles. The molecule has 0 aliphatic carbocycles. The van der Waals surface area contributed by atoms with Crippen LogP contribution in [0, 0.1) is 0 Å².